The Labute approximate surface area is 102 Å². The van der Waals surface area contributed by atoms with Crippen LogP contribution in [-0.4, -0.2) is 12.4 Å². The van der Waals surface area contributed by atoms with Crippen molar-refractivity contribution < 1.29 is 9.53 Å². The van der Waals surface area contributed by atoms with E-state index >= 15 is 0 Å². The highest BCUT2D eigenvalue weighted by Gasteiger charge is 2.04. The third-order valence-electron chi connectivity index (χ3n) is 2.38. The van der Waals surface area contributed by atoms with Crippen LogP contribution in [0.4, 0.5) is 0 Å². The molecule has 1 rings (SSSR count). The van der Waals surface area contributed by atoms with Gasteiger partial charge in [0.15, 0.2) is 0 Å². The number of ketones is 1. The lowest BCUT2D eigenvalue weighted by atomic mass is 10.1. The molecule has 0 N–H and O–H groups in total. The molecule has 88 valence electrons. The average molecular weight is 241 g/mol. The summed E-state index contributed by atoms with van der Waals surface area (Å²) in [4.78, 5) is 11.2. The molecule has 0 bridgehead atoms. The van der Waals surface area contributed by atoms with Gasteiger partial charge in [-0.05, 0) is 31.0 Å². The van der Waals surface area contributed by atoms with Crippen molar-refractivity contribution in [2.45, 2.75) is 33.1 Å². The summed E-state index contributed by atoms with van der Waals surface area (Å²) < 4.78 is 5.34. The highest BCUT2D eigenvalue weighted by atomic mass is 35.5. The van der Waals surface area contributed by atoms with Crippen molar-refractivity contribution in [1.82, 2.24) is 0 Å². The predicted octanol–water partition coefficient (Wildman–Crippen LogP) is 3.65. The van der Waals surface area contributed by atoms with Gasteiger partial charge in [-0.1, -0.05) is 24.6 Å². The number of rotatable bonds is 6. The number of aryl methyl sites for hydroxylation is 1. The molecule has 0 saturated carbocycles. The van der Waals surface area contributed by atoms with Crippen LogP contribution in [0, 0.1) is 0 Å². The first-order chi connectivity index (χ1) is 7.67. The minimum Gasteiger partial charge on any atom is -0.492 e. The van der Waals surface area contributed by atoms with Crippen LogP contribution in [0.3, 0.4) is 0 Å². The third-order valence-corrected chi connectivity index (χ3v) is 2.68. The minimum atomic E-state index is 0.282. The number of Topliss-reactive ketones (excluding diaryl/α,β-unsaturated/α-hetero) is 1. The molecule has 3 heteroatoms. The van der Waals surface area contributed by atoms with Gasteiger partial charge in [0.25, 0.3) is 0 Å². The zero-order chi connectivity index (χ0) is 12.0. The van der Waals surface area contributed by atoms with E-state index in [0.29, 0.717) is 30.2 Å². The third kappa shape index (κ3) is 3.86. The van der Waals surface area contributed by atoms with Crippen LogP contribution >= 0.6 is 11.6 Å². The van der Waals surface area contributed by atoms with Gasteiger partial charge in [0, 0.05) is 12.8 Å². The second kappa shape index (κ2) is 6.54. The van der Waals surface area contributed by atoms with Crippen molar-refractivity contribution in [3.05, 3.63) is 28.8 Å². The molecule has 0 aliphatic carbocycles. The van der Waals surface area contributed by atoms with E-state index in [2.05, 4.69) is 0 Å². The van der Waals surface area contributed by atoms with Gasteiger partial charge in [0.05, 0.1) is 11.6 Å². The summed E-state index contributed by atoms with van der Waals surface area (Å²) in [5.41, 5.74) is 1.08. The highest BCUT2D eigenvalue weighted by molar-refractivity contribution is 6.32. The van der Waals surface area contributed by atoms with Crippen LogP contribution in [0.1, 0.15) is 32.3 Å². The zero-order valence-electron chi connectivity index (χ0n) is 9.75. The lowest BCUT2D eigenvalue weighted by Crippen LogP contribution is -1.98. The molecule has 0 unspecified atom stereocenters. The lowest BCUT2D eigenvalue weighted by Gasteiger charge is -2.07. The van der Waals surface area contributed by atoms with Gasteiger partial charge in [-0.2, -0.15) is 0 Å². The number of hydrogen-bond donors (Lipinski definition) is 0. The van der Waals surface area contributed by atoms with E-state index in [9.17, 15) is 4.79 Å². The Morgan fingerprint density at radius 2 is 2.12 bits per heavy atom. The fourth-order valence-electron chi connectivity index (χ4n) is 1.43. The highest BCUT2D eigenvalue weighted by Crippen LogP contribution is 2.25. The Hall–Kier alpha value is -1.02. The predicted molar refractivity (Wildman–Crippen MR) is 66.2 cm³/mol. The van der Waals surface area contributed by atoms with E-state index in [4.69, 9.17) is 16.3 Å². The molecule has 0 aliphatic heterocycles. The molecule has 2 nitrogen and oxygen atoms in total. The smallest absolute Gasteiger partial charge is 0.137 e. The standard InChI is InChI=1S/C13H17ClO2/c1-3-11(15)7-5-10-6-8-13(16-4-2)12(14)9-10/h6,8-9H,3-5,7H2,1-2H3. The largest absolute Gasteiger partial charge is 0.492 e. The summed E-state index contributed by atoms with van der Waals surface area (Å²) in [7, 11) is 0. The summed E-state index contributed by atoms with van der Waals surface area (Å²) in [6.45, 7) is 4.41. The van der Waals surface area contributed by atoms with Crippen LogP contribution in [0.5, 0.6) is 5.75 Å². The second-order valence-electron chi connectivity index (χ2n) is 3.59. The first-order valence-electron chi connectivity index (χ1n) is 5.60. The molecule has 0 spiro atoms. The Morgan fingerprint density at radius 1 is 1.38 bits per heavy atom. The molecule has 0 amide bonds. The number of carbonyl (C=O) groups excluding carboxylic acids is 1. The lowest BCUT2D eigenvalue weighted by molar-refractivity contribution is -0.118. The van der Waals surface area contributed by atoms with Gasteiger partial charge < -0.3 is 4.74 Å². The fraction of sp³-hybridized carbons (Fsp3) is 0.462. The molecule has 1 aromatic carbocycles. The summed E-state index contributed by atoms with van der Waals surface area (Å²) in [6, 6.07) is 5.69. The van der Waals surface area contributed by atoms with Crippen molar-refractivity contribution in [3.8, 4) is 5.75 Å². The van der Waals surface area contributed by atoms with E-state index in [-0.39, 0.29) is 5.78 Å². The minimum absolute atomic E-state index is 0.282. The van der Waals surface area contributed by atoms with Crippen molar-refractivity contribution in [3.63, 3.8) is 0 Å². The molecule has 16 heavy (non-hydrogen) atoms. The van der Waals surface area contributed by atoms with E-state index < -0.39 is 0 Å². The van der Waals surface area contributed by atoms with Crippen LogP contribution in [0.25, 0.3) is 0 Å². The summed E-state index contributed by atoms with van der Waals surface area (Å²) in [5, 5.41) is 0.614. The van der Waals surface area contributed by atoms with Gasteiger partial charge in [-0.3, -0.25) is 4.79 Å². The quantitative estimate of drug-likeness (QED) is 0.759. The summed E-state index contributed by atoms with van der Waals surface area (Å²) >= 11 is 6.05. The van der Waals surface area contributed by atoms with Gasteiger partial charge in [0.1, 0.15) is 11.5 Å². The number of halogens is 1. The van der Waals surface area contributed by atoms with Gasteiger partial charge in [0.2, 0.25) is 0 Å². The van der Waals surface area contributed by atoms with Crippen molar-refractivity contribution in [1.29, 1.82) is 0 Å². The Balaban J connectivity index is 2.62. The first-order valence-corrected chi connectivity index (χ1v) is 5.98. The number of ether oxygens (including phenoxy) is 1. The molecule has 0 aliphatic rings. The summed E-state index contributed by atoms with van der Waals surface area (Å²) in [6.07, 6.45) is 1.93. The maximum atomic E-state index is 11.2. The van der Waals surface area contributed by atoms with E-state index in [0.717, 1.165) is 12.0 Å². The normalized spacial score (nSPS) is 10.2. The molecular weight excluding hydrogens is 224 g/mol. The van der Waals surface area contributed by atoms with E-state index in [1.54, 1.807) is 0 Å². The SMILES string of the molecule is CCOc1ccc(CCC(=O)CC)cc1Cl. The van der Waals surface area contributed by atoms with Gasteiger partial charge >= 0.3 is 0 Å². The number of carbonyl (C=O) groups is 1. The van der Waals surface area contributed by atoms with Crippen molar-refractivity contribution >= 4 is 17.4 Å². The van der Waals surface area contributed by atoms with Crippen molar-refractivity contribution in [2.75, 3.05) is 6.61 Å². The maximum absolute atomic E-state index is 11.2. The Bertz CT molecular complexity index is 361. The van der Waals surface area contributed by atoms with Crippen molar-refractivity contribution in [2.24, 2.45) is 0 Å². The van der Waals surface area contributed by atoms with Gasteiger partial charge in [-0.15, -0.1) is 0 Å². The molecule has 0 fully saturated rings. The molecule has 1 aromatic rings. The zero-order valence-corrected chi connectivity index (χ0v) is 10.5. The summed E-state index contributed by atoms with van der Waals surface area (Å²) in [5.74, 6) is 0.986. The molecule has 0 heterocycles. The van der Waals surface area contributed by atoms with Crippen LogP contribution in [0.2, 0.25) is 5.02 Å². The number of benzene rings is 1. The molecule has 0 aromatic heterocycles. The topological polar surface area (TPSA) is 26.3 Å². The fourth-order valence-corrected chi connectivity index (χ4v) is 1.69. The second-order valence-corrected chi connectivity index (χ2v) is 4.00. The van der Waals surface area contributed by atoms with Crippen LogP contribution in [-0.2, 0) is 11.2 Å². The average Bonchev–Trinajstić information content (AvgIpc) is 2.29. The van der Waals surface area contributed by atoms with Crippen LogP contribution in [0.15, 0.2) is 18.2 Å². The van der Waals surface area contributed by atoms with E-state index in [1.807, 2.05) is 32.0 Å². The molecule has 0 saturated heterocycles. The number of hydrogen-bond acceptors (Lipinski definition) is 2. The Morgan fingerprint density at radius 3 is 2.69 bits per heavy atom. The monoisotopic (exact) mass is 240 g/mol. The van der Waals surface area contributed by atoms with Crippen LogP contribution < -0.4 is 4.74 Å². The molecule has 0 atom stereocenters. The van der Waals surface area contributed by atoms with E-state index in [1.165, 1.54) is 0 Å². The van der Waals surface area contributed by atoms with Gasteiger partial charge in [-0.25, -0.2) is 0 Å². The molecular formula is C13H17ClO2. The maximum Gasteiger partial charge on any atom is 0.137 e. The molecule has 0 radical (unpaired) electrons. The first kappa shape index (κ1) is 13.0. The Kier molecular flexibility index (Phi) is 5.33.